The van der Waals surface area contributed by atoms with Gasteiger partial charge in [0.2, 0.25) is 0 Å². The third-order valence-corrected chi connectivity index (χ3v) is 4.92. The minimum atomic E-state index is -0.228. The fraction of sp³-hybridized carbons (Fsp3) is 0.464. The van der Waals surface area contributed by atoms with Crippen LogP contribution in [0.4, 0.5) is 5.69 Å². The molecule has 0 saturated carbocycles. The van der Waals surface area contributed by atoms with Crippen molar-refractivity contribution in [2.45, 2.75) is 80.6 Å². The molecule has 32 heavy (non-hydrogen) atoms. The minimum Gasteiger partial charge on any atom is -0.466 e. The molecule has 0 aliphatic carbocycles. The number of unbranched alkanes of at least 4 members (excludes halogenated alkanes) is 1. The normalized spacial score (nSPS) is 10.3. The lowest BCUT2D eigenvalue weighted by atomic mass is 10.1. The molecule has 2 aromatic rings. The molecule has 2 aromatic carbocycles. The number of halogens is 1. The molecule has 0 fully saturated rings. The highest BCUT2D eigenvalue weighted by Gasteiger charge is 2.08. The Labute approximate surface area is 201 Å². The van der Waals surface area contributed by atoms with E-state index >= 15 is 0 Å². The van der Waals surface area contributed by atoms with E-state index in [2.05, 4.69) is 63.4 Å². The number of carbonyl (C=O) groups excluding carboxylic acids is 1. The summed E-state index contributed by atoms with van der Waals surface area (Å²) >= 11 is 6.33. The van der Waals surface area contributed by atoms with Crippen molar-refractivity contribution in [2.75, 3.05) is 11.9 Å². The van der Waals surface area contributed by atoms with Crippen LogP contribution in [0.15, 0.2) is 54.2 Å². The fourth-order valence-corrected chi connectivity index (χ4v) is 3.04. The quantitative estimate of drug-likeness (QED) is 0.381. The highest BCUT2D eigenvalue weighted by molar-refractivity contribution is 6.33. The molecule has 0 heterocycles. The number of anilines is 1. The van der Waals surface area contributed by atoms with Crippen LogP contribution in [0.5, 0.6) is 0 Å². The van der Waals surface area contributed by atoms with Gasteiger partial charge in [-0.05, 0) is 62.4 Å². The molecule has 3 nitrogen and oxygen atoms in total. The third-order valence-electron chi connectivity index (χ3n) is 4.61. The van der Waals surface area contributed by atoms with Crippen molar-refractivity contribution in [3.8, 4) is 0 Å². The maximum Gasteiger partial charge on any atom is 0.310 e. The molecule has 0 unspecified atom stereocenters. The van der Waals surface area contributed by atoms with Gasteiger partial charge in [-0.2, -0.15) is 0 Å². The monoisotopic (exact) mass is 459 g/mol. The van der Waals surface area contributed by atoms with Crippen LogP contribution in [0, 0.1) is 13.8 Å². The van der Waals surface area contributed by atoms with Crippen molar-refractivity contribution in [3.63, 3.8) is 0 Å². The van der Waals surface area contributed by atoms with E-state index in [4.69, 9.17) is 16.3 Å². The molecule has 0 radical (unpaired) electrons. The lowest BCUT2D eigenvalue weighted by Gasteiger charge is -2.13. The Morgan fingerprint density at radius 2 is 1.62 bits per heavy atom. The number of carbonyl (C=O) groups is 1. The number of ether oxygens (including phenoxy) is 1. The molecule has 2 rings (SSSR count). The van der Waals surface area contributed by atoms with E-state index in [0.717, 1.165) is 36.9 Å². The maximum absolute atomic E-state index is 11.5. The first-order valence-electron chi connectivity index (χ1n) is 11.8. The van der Waals surface area contributed by atoms with Crippen molar-refractivity contribution in [2.24, 2.45) is 0 Å². The SMILES string of the molecule is CC.CCC/C=C(/CCC)Nc1ccc(CC(=O)OCC)cc1Cl.Cc1ccccc1C. The second kappa shape index (κ2) is 18.3. The predicted molar refractivity (Wildman–Crippen MR) is 141 cm³/mol. The average molecular weight is 460 g/mol. The summed E-state index contributed by atoms with van der Waals surface area (Å²) in [4.78, 5) is 11.5. The molecule has 0 saturated heterocycles. The van der Waals surface area contributed by atoms with Crippen LogP contribution in [0.3, 0.4) is 0 Å². The summed E-state index contributed by atoms with van der Waals surface area (Å²) in [5.74, 6) is -0.228. The summed E-state index contributed by atoms with van der Waals surface area (Å²) in [5.41, 5.74) is 5.68. The van der Waals surface area contributed by atoms with Gasteiger partial charge in [0.15, 0.2) is 0 Å². The van der Waals surface area contributed by atoms with Gasteiger partial charge in [-0.25, -0.2) is 0 Å². The minimum absolute atomic E-state index is 0.228. The largest absolute Gasteiger partial charge is 0.466 e. The van der Waals surface area contributed by atoms with E-state index in [1.165, 1.54) is 16.8 Å². The molecule has 0 aliphatic rings. The van der Waals surface area contributed by atoms with Crippen molar-refractivity contribution in [1.29, 1.82) is 0 Å². The number of allylic oxidation sites excluding steroid dienone is 2. The first kappa shape index (κ1) is 29.7. The van der Waals surface area contributed by atoms with Gasteiger partial charge < -0.3 is 10.1 Å². The van der Waals surface area contributed by atoms with Gasteiger partial charge in [0.25, 0.3) is 0 Å². The van der Waals surface area contributed by atoms with Gasteiger partial charge >= 0.3 is 5.97 Å². The summed E-state index contributed by atoms with van der Waals surface area (Å²) in [6.07, 6.45) is 6.75. The highest BCUT2D eigenvalue weighted by Crippen LogP contribution is 2.26. The second-order valence-corrected chi connectivity index (χ2v) is 7.68. The van der Waals surface area contributed by atoms with Gasteiger partial charge in [0.05, 0.1) is 23.7 Å². The Morgan fingerprint density at radius 1 is 1.00 bits per heavy atom. The van der Waals surface area contributed by atoms with Crippen LogP contribution < -0.4 is 5.32 Å². The van der Waals surface area contributed by atoms with E-state index in [1.54, 1.807) is 6.92 Å². The lowest BCUT2D eigenvalue weighted by molar-refractivity contribution is -0.142. The first-order valence-corrected chi connectivity index (χ1v) is 12.2. The van der Waals surface area contributed by atoms with E-state index in [0.29, 0.717) is 11.6 Å². The second-order valence-electron chi connectivity index (χ2n) is 7.27. The number of nitrogens with one attached hydrogen (secondary N) is 1. The summed E-state index contributed by atoms with van der Waals surface area (Å²) in [7, 11) is 0. The molecule has 0 bridgehead atoms. The number of rotatable bonds is 9. The van der Waals surface area contributed by atoms with E-state index < -0.39 is 0 Å². The molecule has 4 heteroatoms. The lowest BCUT2D eigenvalue weighted by Crippen LogP contribution is -2.07. The number of hydrogen-bond acceptors (Lipinski definition) is 3. The van der Waals surface area contributed by atoms with Crippen LogP contribution in [0.1, 0.15) is 77.0 Å². The van der Waals surface area contributed by atoms with Crippen LogP contribution in [0.2, 0.25) is 5.02 Å². The fourth-order valence-electron chi connectivity index (χ4n) is 2.79. The molecular weight excluding hydrogens is 418 g/mol. The molecule has 1 N–H and O–H groups in total. The van der Waals surface area contributed by atoms with Crippen LogP contribution in [-0.2, 0) is 16.0 Å². The number of aryl methyl sites for hydroxylation is 2. The topological polar surface area (TPSA) is 38.3 Å². The van der Waals surface area contributed by atoms with Crippen molar-refractivity contribution in [1.82, 2.24) is 0 Å². The standard InChI is InChI=1S/C18H26ClNO2.C8H10.C2H6/c1-4-7-9-15(8-5-2)20-17-11-10-14(12-16(17)19)13-18(21)22-6-3;1-7-5-3-4-6-8(7)2;1-2/h9-12,20H,4-8,13H2,1-3H3;3-6H,1-2H3;1-2H3/b15-9-;;. The van der Waals surface area contributed by atoms with Crippen LogP contribution in [-0.4, -0.2) is 12.6 Å². The Kier molecular flexibility index (Phi) is 17.0. The summed E-state index contributed by atoms with van der Waals surface area (Å²) in [5, 5.41) is 4.03. The zero-order valence-electron chi connectivity index (χ0n) is 21.1. The summed E-state index contributed by atoms with van der Waals surface area (Å²) in [6.45, 7) is 14.8. The molecule has 0 aromatic heterocycles. The Hall–Kier alpha value is -2.26. The Morgan fingerprint density at radius 3 is 2.09 bits per heavy atom. The van der Waals surface area contributed by atoms with E-state index in [1.807, 2.05) is 32.0 Å². The highest BCUT2D eigenvalue weighted by atomic mass is 35.5. The van der Waals surface area contributed by atoms with Gasteiger partial charge in [0, 0.05) is 5.70 Å². The molecule has 0 spiro atoms. The van der Waals surface area contributed by atoms with Crippen LogP contribution >= 0.6 is 11.6 Å². The smallest absolute Gasteiger partial charge is 0.310 e. The summed E-state index contributed by atoms with van der Waals surface area (Å²) in [6, 6.07) is 14.0. The average Bonchev–Trinajstić information content (AvgIpc) is 2.78. The molecule has 178 valence electrons. The zero-order valence-corrected chi connectivity index (χ0v) is 21.8. The van der Waals surface area contributed by atoms with E-state index in [9.17, 15) is 4.79 Å². The van der Waals surface area contributed by atoms with Gasteiger partial charge in [0.1, 0.15) is 0 Å². The Balaban J connectivity index is 0.000000796. The Bertz CT molecular complexity index is 794. The molecule has 0 amide bonds. The van der Waals surface area contributed by atoms with E-state index in [-0.39, 0.29) is 12.4 Å². The molecule has 0 atom stereocenters. The van der Waals surface area contributed by atoms with Gasteiger partial charge in [-0.3, -0.25) is 4.79 Å². The van der Waals surface area contributed by atoms with Crippen molar-refractivity contribution in [3.05, 3.63) is 76.0 Å². The van der Waals surface area contributed by atoms with Crippen molar-refractivity contribution < 1.29 is 9.53 Å². The van der Waals surface area contributed by atoms with Crippen molar-refractivity contribution >= 4 is 23.3 Å². The first-order chi connectivity index (χ1) is 15.4. The van der Waals surface area contributed by atoms with Gasteiger partial charge in [-0.15, -0.1) is 0 Å². The maximum atomic E-state index is 11.5. The molecule has 0 aliphatic heterocycles. The zero-order chi connectivity index (χ0) is 24.4. The number of benzene rings is 2. The third kappa shape index (κ3) is 12.6. The predicted octanol–water partition coefficient (Wildman–Crippen LogP) is 8.67. The van der Waals surface area contributed by atoms with Crippen LogP contribution in [0.25, 0.3) is 0 Å². The molecular formula is C28H42ClNO2. The van der Waals surface area contributed by atoms with Gasteiger partial charge in [-0.1, -0.05) is 88.5 Å². The summed E-state index contributed by atoms with van der Waals surface area (Å²) < 4.78 is 4.95. The number of hydrogen-bond donors (Lipinski definition) is 1. The number of esters is 1.